The van der Waals surface area contributed by atoms with Gasteiger partial charge >= 0.3 is 5.97 Å². The second-order valence-corrected chi connectivity index (χ2v) is 14.4. The van der Waals surface area contributed by atoms with E-state index < -0.39 is 18.9 Å². The minimum absolute atomic E-state index is 0.00322. The summed E-state index contributed by atoms with van der Waals surface area (Å²) in [7, 11) is -1.07. The third-order valence-corrected chi connectivity index (χ3v) is 7.33. The van der Waals surface area contributed by atoms with Gasteiger partial charge in [0.05, 0.1) is 23.8 Å². The van der Waals surface area contributed by atoms with Crippen LogP contribution in [0.2, 0.25) is 25.7 Å². The molecule has 0 amide bonds. The van der Waals surface area contributed by atoms with Crippen LogP contribution in [-0.2, 0) is 20.3 Å². The Kier molecular flexibility index (Phi) is 7.00. The Balaban J connectivity index is 2.96. The Bertz CT molecular complexity index is 520. The highest BCUT2D eigenvalue weighted by Gasteiger charge is 2.29. The van der Waals surface area contributed by atoms with Crippen LogP contribution >= 0.6 is 0 Å². The topological polar surface area (TPSA) is 43.4 Å². The lowest BCUT2D eigenvalue weighted by Gasteiger charge is -2.26. The predicted octanol–water partition coefficient (Wildman–Crippen LogP) is 4.01. The van der Waals surface area contributed by atoms with E-state index >= 15 is 0 Å². The molecule has 5 heteroatoms. The molecular weight excluding hydrogens is 312 g/mol. The summed E-state index contributed by atoms with van der Waals surface area (Å²) in [6.45, 7) is 10.7. The fraction of sp³-hybridized carbons (Fsp3) is 0.588. The molecule has 22 heavy (non-hydrogen) atoms. The number of esters is 1. The summed E-state index contributed by atoms with van der Waals surface area (Å²) in [5, 5.41) is 0.00322. The molecule has 0 aliphatic rings. The monoisotopic (exact) mass is 340 g/mol. The highest BCUT2D eigenvalue weighted by molar-refractivity contribution is 7.85. The predicted molar refractivity (Wildman–Crippen MR) is 95.3 cm³/mol. The van der Waals surface area contributed by atoms with Crippen molar-refractivity contribution in [1.29, 1.82) is 0 Å². The van der Waals surface area contributed by atoms with Gasteiger partial charge in [0, 0.05) is 18.2 Å². The van der Waals surface area contributed by atoms with Gasteiger partial charge in [0.25, 0.3) is 0 Å². The lowest BCUT2D eigenvalue weighted by molar-refractivity contribution is -0.145. The summed E-state index contributed by atoms with van der Waals surface area (Å²) in [4.78, 5) is 12.6. The lowest BCUT2D eigenvalue weighted by Crippen LogP contribution is -2.32. The summed E-state index contributed by atoms with van der Waals surface area (Å²) >= 11 is 0. The Morgan fingerprint density at radius 1 is 1.23 bits per heavy atom. The van der Waals surface area contributed by atoms with E-state index in [1.807, 2.05) is 38.1 Å². The smallest absolute Gasteiger partial charge is 0.308 e. The lowest BCUT2D eigenvalue weighted by atomic mass is 10.1. The Hall–Kier alpha value is -0.943. The number of methoxy groups -OCH3 is 1. The van der Waals surface area contributed by atoms with Crippen LogP contribution in [0.5, 0.6) is 0 Å². The van der Waals surface area contributed by atoms with Gasteiger partial charge < -0.3 is 4.74 Å². The van der Waals surface area contributed by atoms with E-state index in [1.54, 1.807) is 0 Å². The number of rotatable bonds is 7. The van der Waals surface area contributed by atoms with Crippen molar-refractivity contribution in [3.05, 3.63) is 29.8 Å². The van der Waals surface area contributed by atoms with E-state index in [2.05, 4.69) is 19.6 Å². The minimum atomic E-state index is -1.38. The average Bonchev–Trinajstić information content (AvgIpc) is 2.44. The van der Waals surface area contributed by atoms with Gasteiger partial charge in [-0.2, -0.15) is 0 Å². The Labute approximate surface area is 137 Å². The van der Waals surface area contributed by atoms with Crippen molar-refractivity contribution in [2.75, 3.05) is 7.11 Å². The number of carbonyl (C=O) groups excluding carboxylic acids is 1. The average molecular weight is 341 g/mol. The van der Waals surface area contributed by atoms with Gasteiger partial charge in [0.15, 0.2) is 0 Å². The summed E-state index contributed by atoms with van der Waals surface area (Å²) < 4.78 is 17.8. The van der Waals surface area contributed by atoms with E-state index in [-0.39, 0.29) is 17.1 Å². The molecule has 0 aliphatic heterocycles. The summed E-state index contributed by atoms with van der Waals surface area (Å²) in [6.07, 6.45) is 0.609. The van der Waals surface area contributed by atoms with Crippen LogP contribution in [0.15, 0.2) is 29.2 Å². The molecule has 1 aromatic carbocycles. The molecule has 0 aliphatic carbocycles. The van der Waals surface area contributed by atoms with Crippen LogP contribution in [-0.4, -0.2) is 30.6 Å². The second-order valence-electron chi connectivity index (χ2n) is 7.16. The summed E-state index contributed by atoms with van der Waals surface area (Å²) in [5.41, 5.74) is 1.16. The molecule has 0 aromatic heterocycles. The van der Waals surface area contributed by atoms with Crippen molar-refractivity contribution in [3.8, 4) is 0 Å². The first-order valence-electron chi connectivity index (χ1n) is 7.69. The molecule has 0 saturated heterocycles. The maximum Gasteiger partial charge on any atom is 0.308 e. The highest BCUT2D eigenvalue weighted by atomic mass is 32.2. The minimum Gasteiger partial charge on any atom is -0.469 e. The van der Waals surface area contributed by atoms with E-state index in [0.717, 1.165) is 16.5 Å². The van der Waals surface area contributed by atoms with E-state index in [4.69, 9.17) is 4.74 Å². The third kappa shape index (κ3) is 6.05. The zero-order valence-corrected chi connectivity index (χ0v) is 16.3. The second kappa shape index (κ2) is 8.06. The molecule has 0 saturated carbocycles. The Morgan fingerprint density at radius 3 is 2.23 bits per heavy atom. The van der Waals surface area contributed by atoms with Gasteiger partial charge in [-0.3, -0.25) is 9.00 Å². The number of hydrogen-bond donors (Lipinski definition) is 0. The van der Waals surface area contributed by atoms with E-state index in [0.29, 0.717) is 6.42 Å². The number of aryl methyl sites for hydroxylation is 1. The molecule has 1 aromatic rings. The van der Waals surface area contributed by atoms with Gasteiger partial charge in [-0.05, 0) is 31.5 Å². The fourth-order valence-corrected chi connectivity index (χ4v) is 7.38. The van der Waals surface area contributed by atoms with Gasteiger partial charge in [0.1, 0.15) is 0 Å². The quantitative estimate of drug-likeness (QED) is 0.556. The van der Waals surface area contributed by atoms with Crippen LogP contribution < -0.4 is 0 Å². The summed E-state index contributed by atoms with van der Waals surface area (Å²) in [5.74, 6) is -0.442. The van der Waals surface area contributed by atoms with Crippen LogP contribution in [0.25, 0.3) is 0 Å². The molecule has 0 unspecified atom stereocenters. The van der Waals surface area contributed by atoms with Crippen LogP contribution in [0.3, 0.4) is 0 Å². The first kappa shape index (κ1) is 19.1. The highest BCUT2D eigenvalue weighted by Crippen LogP contribution is 2.26. The number of benzene rings is 1. The molecule has 0 bridgehead atoms. The zero-order chi connectivity index (χ0) is 16.9. The zero-order valence-electron chi connectivity index (χ0n) is 14.5. The number of carbonyl (C=O) groups is 1. The molecule has 0 radical (unpaired) electrons. The molecular formula is C17H28O3SSi. The molecule has 1 rings (SSSR count). The normalized spacial score (nSPS) is 15.9. The Morgan fingerprint density at radius 2 is 1.77 bits per heavy atom. The van der Waals surface area contributed by atoms with Crippen molar-refractivity contribution in [2.24, 2.45) is 5.92 Å². The molecule has 0 N–H and O–H groups in total. The third-order valence-electron chi connectivity index (χ3n) is 3.62. The first-order chi connectivity index (χ1) is 10.1. The van der Waals surface area contributed by atoms with Crippen molar-refractivity contribution in [2.45, 2.75) is 56.1 Å². The molecule has 0 spiro atoms. The summed E-state index contributed by atoms with van der Waals surface area (Å²) in [6, 6.07) is 8.79. The van der Waals surface area contributed by atoms with Crippen molar-refractivity contribution in [3.63, 3.8) is 0 Å². The van der Waals surface area contributed by atoms with Crippen LogP contribution in [0.1, 0.15) is 18.9 Å². The maximum atomic E-state index is 13.0. The van der Waals surface area contributed by atoms with Gasteiger partial charge in [-0.1, -0.05) is 44.3 Å². The van der Waals surface area contributed by atoms with Crippen molar-refractivity contribution >= 4 is 24.8 Å². The van der Waals surface area contributed by atoms with Gasteiger partial charge in [0.2, 0.25) is 0 Å². The maximum absolute atomic E-state index is 13.0. The molecule has 3 atom stereocenters. The van der Waals surface area contributed by atoms with Gasteiger partial charge in [-0.15, -0.1) is 0 Å². The number of hydrogen-bond acceptors (Lipinski definition) is 3. The van der Waals surface area contributed by atoms with E-state index in [9.17, 15) is 9.00 Å². The standard InChI is InChI=1S/C17H28O3SSi/c1-13-7-9-15(10-8-13)21(19)16(12-22(4,5)6)11-14(2)17(18)20-3/h7-10,14,16H,11-12H2,1-6H3/t14-,16+,21-/m0/s1. The van der Waals surface area contributed by atoms with Gasteiger partial charge in [-0.25, -0.2) is 0 Å². The SMILES string of the molecule is COC(=O)[C@@H](C)C[C@H](C[Si](C)(C)C)[S@@](=O)c1ccc(C)cc1. The molecule has 0 heterocycles. The van der Waals surface area contributed by atoms with E-state index in [1.165, 1.54) is 7.11 Å². The van der Waals surface area contributed by atoms with Crippen LogP contribution in [0, 0.1) is 12.8 Å². The number of ether oxygens (including phenoxy) is 1. The van der Waals surface area contributed by atoms with Crippen molar-refractivity contribution in [1.82, 2.24) is 0 Å². The molecule has 0 fully saturated rings. The molecule has 124 valence electrons. The van der Waals surface area contributed by atoms with Crippen LogP contribution in [0.4, 0.5) is 0 Å². The first-order valence-corrected chi connectivity index (χ1v) is 12.6. The molecule has 3 nitrogen and oxygen atoms in total. The fourth-order valence-electron chi connectivity index (χ4n) is 2.49. The van der Waals surface area contributed by atoms with Crippen molar-refractivity contribution < 1.29 is 13.7 Å². The largest absolute Gasteiger partial charge is 0.469 e.